The third kappa shape index (κ3) is 4.44. The molecule has 0 aliphatic heterocycles. The summed E-state index contributed by atoms with van der Waals surface area (Å²) in [5.74, 6) is -0.0156. The molecule has 0 aliphatic rings. The lowest BCUT2D eigenvalue weighted by molar-refractivity contribution is 0.0952. The van der Waals surface area contributed by atoms with Crippen LogP contribution in [0, 0.1) is 6.92 Å². The molecule has 1 amide bonds. The number of hydrogen-bond donors (Lipinski definition) is 3. The van der Waals surface area contributed by atoms with Crippen molar-refractivity contribution in [2.24, 2.45) is 5.73 Å². The molecule has 1 aromatic rings. The average molecular weight is 236 g/mol. The highest BCUT2D eigenvalue weighted by atomic mass is 16.3. The second kappa shape index (κ2) is 6.25. The lowest BCUT2D eigenvalue weighted by Gasteiger charge is -2.07. The lowest BCUT2D eigenvalue weighted by Crippen LogP contribution is -2.26. The Labute approximate surface area is 102 Å². The highest BCUT2D eigenvalue weighted by molar-refractivity contribution is 5.94. The molecule has 4 heteroatoms. The van der Waals surface area contributed by atoms with Crippen LogP contribution in [0.25, 0.3) is 0 Å². The summed E-state index contributed by atoms with van der Waals surface area (Å²) in [6, 6.07) is 5.08. The normalized spacial score (nSPS) is 12.2. The fourth-order valence-corrected chi connectivity index (χ4v) is 1.48. The van der Waals surface area contributed by atoms with Crippen LogP contribution in [0.2, 0.25) is 0 Å². The highest BCUT2D eigenvalue weighted by Crippen LogP contribution is 2.17. The zero-order chi connectivity index (χ0) is 12.8. The van der Waals surface area contributed by atoms with E-state index in [0.717, 1.165) is 18.4 Å². The second-order valence-corrected chi connectivity index (χ2v) is 4.38. The maximum atomic E-state index is 11.7. The molecule has 1 unspecified atom stereocenters. The maximum absolute atomic E-state index is 11.7. The van der Waals surface area contributed by atoms with Gasteiger partial charge in [-0.15, -0.1) is 0 Å². The third-order valence-corrected chi connectivity index (χ3v) is 2.59. The molecule has 0 fully saturated rings. The minimum absolute atomic E-state index is 0.147. The smallest absolute Gasteiger partial charge is 0.251 e. The highest BCUT2D eigenvalue weighted by Gasteiger charge is 2.06. The van der Waals surface area contributed by atoms with Crippen LogP contribution in [-0.4, -0.2) is 23.6 Å². The van der Waals surface area contributed by atoms with Gasteiger partial charge in [-0.25, -0.2) is 0 Å². The van der Waals surface area contributed by atoms with Crippen molar-refractivity contribution >= 4 is 5.91 Å². The van der Waals surface area contributed by atoms with Crippen molar-refractivity contribution in [3.63, 3.8) is 0 Å². The molecule has 0 bridgehead atoms. The number of nitrogens with two attached hydrogens (primary N) is 1. The third-order valence-electron chi connectivity index (χ3n) is 2.59. The van der Waals surface area contributed by atoms with Crippen molar-refractivity contribution in [3.05, 3.63) is 29.3 Å². The van der Waals surface area contributed by atoms with E-state index in [1.54, 1.807) is 19.1 Å². The van der Waals surface area contributed by atoms with Crippen molar-refractivity contribution < 1.29 is 9.90 Å². The number of nitrogens with one attached hydrogen (secondary N) is 1. The van der Waals surface area contributed by atoms with Gasteiger partial charge in [-0.05, 0) is 44.4 Å². The SMILES string of the molecule is Cc1ccc(C(=O)NCCCC(C)N)cc1O. The molecule has 4 nitrogen and oxygen atoms in total. The number of aryl methyl sites for hydroxylation is 1. The van der Waals surface area contributed by atoms with Crippen LogP contribution in [0.1, 0.15) is 35.7 Å². The molecule has 0 aliphatic carbocycles. The van der Waals surface area contributed by atoms with E-state index < -0.39 is 0 Å². The van der Waals surface area contributed by atoms with Gasteiger partial charge >= 0.3 is 0 Å². The molecular weight excluding hydrogens is 216 g/mol. The minimum Gasteiger partial charge on any atom is -0.508 e. The minimum atomic E-state index is -0.162. The number of phenols is 1. The predicted octanol–water partition coefficient (Wildman–Crippen LogP) is 1.56. The summed E-state index contributed by atoms with van der Waals surface area (Å²) >= 11 is 0. The van der Waals surface area contributed by atoms with Crippen LogP contribution in [0.3, 0.4) is 0 Å². The molecule has 94 valence electrons. The average Bonchev–Trinajstić information content (AvgIpc) is 2.27. The van der Waals surface area contributed by atoms with E-state index in [4.69, 9.17) is 5.73 Å². The number of carbonyl (C=O) groups is 1. The van der Waals surface area contributed by atoms with Gasteiger partial charge < -0.3 is 16.2 Å². The number of carbonyl (C=O) groups excluding carboxylic acids is 1. The number of benzene rings is 1. The standard InChI is InChI=1S/C13H20N2O2/c1-9-5-6-11(8-12(9)16)13(17)15-7-3-4-10(2)14/h5-6,8,10,16H,3-4,7,14H2,1-2H3,(H,15,17). The summed E-state index contributed by atoms with van der Waals surface area (Å²) in [5, 5.41) is 12.3. The first-order chi connectivity index (χ1) is 8.00. The molecule has 0 saturated carbocycles. The first-order valence-electron chi connectivity index (χ1n) is 5.84. The molecule has 0 saturated heterocycles. The molecular formula is C13H20N2O2. The number of amides is 1. The van der Waals surface area contributed by atoms with Crippen LogP contribution in [-0.2, 0) is 0 Å². The Kier molecular flexibility index (Phi) is 4.97. The molecule has 1 aromatic carbocycles. The monoisotopic (exact) mass is 236 g/mol. The first-order valence-corrected chi connectivity index (χ1v) is 5.84. The topological polar surface area (TPSA) is 75.4 Å². The summed E-state index contributed by atoms with van der Waals surface area (Å²) in [6.07, 6.45) is 1.75. The summed E-state index contributed by atoms with van der Waals surface area (Å²) in [7, 11) is 0. The van der Waals surface area contributed by atoms with E-state index in [0.29, 0.717) is 12.1 Å². The summed E-state index contributed by atoms with van der Waals surface area (Å²) < 4.78 is 0. The van der Waals surface area contributed by atoms with Crippen LogP contribution < -0.4 is 11.1 Å². The molecule has 0 radical (unpaired) electrons. The predicted molar refractivity (Wildman–Crippen MR) is 68.1 cm³/mol. The Morgan fingerprint density at radius 3 is 2.82 bits per heavy atom. The van der Waals surface area contributed by atoms with Gasteiger partial charge in [0.25, 0.3) is 5.91 Å². The van der Waals surface area contributed by atoms with Gasteiger partial charge in [0.2, 0.25) is 0 Å². The van der Waals surface area contributed by atoms with E-state index in [9.17, 15) is 9.90 Å². The fraction of sp³-hybridized carbons (Fsp3) is 0.462. The van der Waals surface area contributed by atoms with Crippen molar-refractivity contribution in [1.82, 2.24) is 5.32 Å². The van der Waals surface area contributed by atoms with E-state index in [1.807, 2.05) is 6.92 Å². The number of phenolic OH excluding ortho intramolecular Hbond substituents is 1. The van der Waals surface area contributed by atoms with Crippen molar-refractivity contribution in [2.75, 3.05) is 6.54 Å². The number of aromatic hydroxyl groups is 1. The Bertz CT molecular complexity index is 389. The Hall–Kier alpha value is -1.55. The van der Waals surface area contributed by atoms with Crippen LogP contribution in [0.15, 0.2) is 18.2 Å². The van der Waals surface area contributed by atoms with Crippen LogP contribution in [0.4, 0.5) is 0 Å². The molecule has 0 aromatic heterocycles. The van der Waals surface area contributed by atoms with E-state index in [-0.39, 0.29) is 17.7 Å². The zero-order valence-electron chi connectivity index (χ0n) is 10.4. The van der Waals surface area contributed by atoms with Crippen LogP contribution in [0.5, 0.6) is 5.75 Å². The van der Waals surface area contributed by atoms with E-state index in [1.165, 1.54) is 6.07 Å². The first kappa shape index (κ1) is 13.5. The Morgan fingerprint density at radius 1 is 1.53 bits per heavy atom. The summed E-state index contributed by atoms with van der Waals surface area (Å²) in [4.78, 5) is 11.7. The van der Waals surface area contributed by atoms with Gasteiger partial charge in [-0.2, -0.15) is 0 Å². The van der Waals surface area contributed by atoms with Crippen molar-refractivity contribution in [3.8, 4) is 5.75 Å². The quantitative estimate of drug-likeness (QED) is 0.679. The second-order valence-electron chi connectivity index (χ2n) is 4.38. The molecule has 1 atom stereocenters. The van der Waals surface area contributed by atoms with E-state index in [2.05, 4.69) is 5.32 Å². The van der Waals surface area contributed by atoms with Crippen molar-refractivity contribution in [2.45, 2.75) is 32.7 Å². The molecule has 4 N–H and O–H groups in total. The van der Waals surface area contributed by atoms with Crippen molar-refractivity contribution in [1.29, 1.82) is 0 Å². The molecule has 17 heavy (non-hydrogen) atoms. The van der Waals surface area contributed by atoms with Gasteiger partial charge in [0, 0.05) is 18.2 Å². The Morgan fingerprint density at radius 2 is 2.24 bits per heavy atom. The summed E-state index contributed by atoms with van der Waals surface area (Å²) in [6.45, 7) is 4.34. The fourth-order valence-electron chi connectivity index (χ4n) is 1.48. The molecule has 1 rings (SSSR count). The van der Waals surface area contributed by atoms with E-state index >= 15 is 0 Å². The number of rotatable bonds is 5. The van der Waals surface area contributed by atoms with Gasteiger partial charge in [-0.1, -0.05) is 6.07 Å². The van der Waals surface area contributed by atoms with Crippen LogP contribution >= 0.6 is 0 Å². The summed E-state index contributed by atoms with van der Waals surface area (Å²) in [5.41, 5.74) is 6.85. The Balaban J connectivity index is 2.44. The van der Waals surface area contributed by atoms with Gasteiger partial charge in [0.15, 0.2) is 0 Å². The lowest BCUT2D eigenvalue weighted by atomic mass is 10.1. The molecule has 0 heterocycles. The number of hydrogen-bond acceptors (Lipinski definition) is 3. The van der Waals surface area contributed by atoms with Gasteiger partial charge in [-0.3, -0.25) is 4.79 Å². The maximum Gasteiger partial charge on any atom is 0.251 e. The zero-order valence-corrected chi connectivity index (χ0v) is 10.4. The van der Waals surface area contributed by atoms with Gasteiger partial charge in [0.1, 0.15) is 5.75 Å². The largest absolute Gasteiger partial charge is 0.508 e. The van der Waals surface area contributed by atoms with Gasteiger partial charge in [0.05, 0.1) is 0 Å². The molecule has 0 spiro atoms.